The summed E-state index contributed by atoms with van der Waals surface area (Å²) >= 11 is 0. The molecule has 1 atom stereocenters. The van der Waals surface area contributed by atoms with Gasteiger partial charge in [-0.2, -0.15) is 0 Å². The van der Waals surface area contributed by atoms with E-state index in [1.807, 2.05) is 51.1 Å². The van der Waals surface area contributed by atoms with Crippen molar-refractivity contribution in [3.8, 4) is 0 Å². The van der Waals surface area contributed by atoms with E-state index in [0.717, 1.165) is 22.3 Å². The van der Waals surface area contributed by atoms with Crippen LogP contribution < -0.4 is 9.62 Å². The van der Waals surface area contributed by atoms with Crippen molar-refractivity contribution in [1.82, 2.24) is 5.32 Å². The minimum atomic E-state index is -3.48. The summed E-state index contributed by atoms with van der Waals surface area (Å²) in [5.74, 6) is -0.200. The minimum absolute atomic E-state index is 0.141. The number of hydrogen-bond donors (Lipinski definition) is 1. The smallest absolute Gasteiger partial charge is 0.251 e. The maximum Gasteiger partial charge on any atom is 0.251 e. The highest BCUT2D eigenvalue weighted by molar-refractivity contribution is 7.92. The molecule has 0 radical (unpaired) electrons. The van der Waals surface area contributed by atoms with Crippen molar-refractivity contribution in [1.29, 1.82) is 0 Å². The lowest BCUT2D eigenvalue weighted by molar-refractivity contribution is 0.0940. The third-order valence-electron chi connectivity index (χ3n) is 5.24. The molecule has 0 unspecified atom stereocenters. The van der Waals surface area contributed by atoms with Crippen molar-refractivity contribution in [2.75, 3.05) is 10.6 Å². The summed E-state index contributed by atoms with van der Waals surface area (Å²) in [6.07, 6.45) is 1.18. The summed E-state index contributed by atoms with van der Waals surface area (Å²) < 4.78 is 26.1. The fraction of sp³-hybridized carbons (Fsp3) is 0.240. The van der Waals surface area contributed by atoms with Crippen molar-refractivity contribution < 1.29 is 13.2 Å². The summed E-state index contributed by atoms with van der Waals surface area (Å²) in [5, 5.41) is 3.03. The zero-order valence-electron chi connectivity index (χ0n) is 18.3. The number of amides is 1. The topological polar surface area (TPSA) is 66.5 Å². The highest BCUT2D eigenvalue weighted by Crippen LogP contribution is 2.23. The molecule has 0 saturated heterocycles. The van der Waals surface area contributed by atoms with E-state index in [0.29, 0.717) is 11.3 Å². The lowest BCUT2D eigenvalue weighted by atomic mass is 9.99. The lowest BCUT2D eigenvalue weighted by Gasteiger charge is -2.23. The molecular weight excluding hydrogens is 408 g/mol. The normalized spacial score (nSPS) is 12.3. The van der Waals surface area contributed by atoms with Gasteiger partial charge < -0.3 is 5.32 Å². The summed E-state index contributed by atoms with van der Waals surface area (Å²) in [5.41, 5.74) is 5.23. The van der Waals surface area contributed by atoms with Crippen molar-refractivity contribution in [2.24, 2.45) is 0 Å². The Morgan fingerprint density at radius 1 is 0.968 bits per heavy atom. The number of rotatable bonds is 7. The molecule has 162 valence electrons. The van der Waals surface area contributed by atoms with Crippen LogP contribution in [0.15, 0.2) is 72.8 Å². The quantitative estimate of drug-likeness (QED) is 0.581. The average molecular weight is 437 g/mol. The van der Waals surface area contributed by atoms with Gasteiger partial charge in [0.1, 0.15) is 0 Å². The molecule has 3 rings (SSSR count). The van der Waals surface area contributed by atoms with Crippen LogP contribution in [0, 0.1) is 13.8 Å². The predicted octanol–water partition coefficient (Wildman–Crippen LogP) is 4.76. The van der Waals surface area contributed by atoms with E-state index in [1.165, 1.54) is 10.6 Å². The summed E-state index contributed by atoms with van der Waals surface area (Å²) in [6.45, 7) is 6.24. The number of aryl methyl sites for hydroxylation is 2. The van der Waals surface area contributed by atoms with Gasteiger partial charge in [-0.3, -0.25) is 9.10 Å². The van der Waals surface area contributed by atoms with Crippen LogP contribution in [0.2, 0.25) is 0 Å². The maximum absolute atomic E-state index is 12.8. The van der Waals surface area contributed by atoms with Crippen LogP contribution in [0.25, 0.3) is 0 Å². The molecule has 6 heteroatoms. The first-order valence-corrected chi connectivity index (χ1v) is 12.0. The molecule has 3 aromatic rings. The van der Waals surface area contributed by atoms with Crippen molar-refractivity contribution in [3.05, 3.63) is 101 Å². The molecule has 0 heterocycles. The minimum Gasteiger partial charge on any atom is -0.346 e. The van der Waals surface area contributed by atoms with Gasteiger partial charge in [-0.15, -0.1) is 0 Å². The number of nitrogens with one attached hydrogen (secondary N) is 1. The number of carbonyl (C=O) groups excluding carboxylic acids is 1. The van der Waals surface area contributed by atoms with Gasteiger partial charge in [0.2, 0.25) is 10.0 Å². The molecule has 0 aliphatic heterocycles. The molecule has 1 amide bonds. The van der Waals surface area contributed by atoms with E-state index < -0.39 is 10.0 Å². The monoisotopic (exact) mass is 436 g/mol. The van der Waals surface area contributed by atoms with E-state index in [-0.39, 0.29) is 18.5 Å². The molecule has 0 aliphatic rings. The number of hydrogen-bond acceptors (Lipinski definition) is 3. The molecule has 0 bridgehead atoms. The Labute approximate surface area is 184 Å². The van der Waals surface area contributed by atoms with Gasteiger partial charge >= 0.3 is 0 Å². The van der Waals surface area contributed by atoms with Crippen LogP contribution in [-0.4, -0.2) is 20.6 Å². The van der Waals surface area contributed by atoms with Crippen molar-refractivity contribution >= 4 is 21.6 Å². The standard InChI is InChI=1S/C25H28N2O3S/c1-18-10-11-19(2)24(16-18)20(3)26-25(28)22-12-14-23(15-13-22)27(31(4,29)30)17-21-8-6-5-7-9-21/h5-16,20H,17H2,1-4H3,(H,26,28)/t20-/m1/s1. The highest BCUT2D eigenvalue weighted by atomic mass is 32.2. The van der Waals surface area contributed by atoms with Gasteiger partial charge in [-0.1, -0.05) is 54.1 Å². The van der Waals surface area contributed by atoms with E-state index in [9.17, 15) is 13.2 Å². The largest absolute Gasteiger partial charge is 0.346 e. The number of carbonyl (C=O) groups is 1. The predicted molar refractivity (Wildman–Crippen MR) is 126 cm³/mol. The fourth-order valence-corrected chi connectivity index (χ4v) is 4.40. The van der Waals surface area contributed by atoms with Gasteiger partial charge in [0.25, 0.3) is 5.91 Å². The molecule has 0 aromatic heterocycles. The SMILES string of the molecule is Cc1ccc(C)c([C@@H](C)NC(=O)c2ccc(N(Cc3ccccc3)S(C)(=O)=O)cc2)c1. The number of sulfonamides is 1. The number of benzene rings is 3. The Kier molecular flexibility index (Phi) is 6.81. The Morgan fingerprint density at radius 3 is 2.23 bits per heavy atom. The molecule has 0 aliphatic carbocycles. The summed E-state index contributed by atoms with van der Waals surface area (Å²) in [7, 11) is -3.48. The number of anilines is 1. The Morgan fingerprint density at radius 2 is 1.61 bits per heavy atom. The lowest BCUT2D eigenvalue weighted by Crippen LogP contribution is -2.30. The van der Waals surface area contributed by atoms with E-state index in [2.05, 4.69) is 23.5 Å². The maximum atomic E-state index is 12.8. The first kappa shape index (κ1) is 22.6. The first-order valence-electron chi connectivity index (χ1n) is 10.1. The molecule has 5 nitrogen and oxygen atoms in total. The third kappa shape index (κ3) is 5.73. The van der Waals surface area contributed by atoms with Gasteiger partial charge in [0.15, 0.2) is 0 Å². The zero-order valence-corrected chi connectivity index (χ0v) is 19.1. The van der Waals surface area contributed by atoms with Crippen LogP contribution in [0.5, 0.6) is 0 Å². The Bertz CT molecular complexity index is 1160. The molecule has 1 N–H and O–H groups in total. The molecule has 0 saturated carbocycles. The van der Waals surface area contributed by atoms with E-state index in [1.54, 1.807) is 24.3 Å². The Hall–Kier alpha value is -3.12. The zero-order chi connectivity index (χ0) is 22.6. The molecule has 0 spiro atoms. The molecule has 0 fully saturated rings. The van der Waals surface area contributed by atoms with Gasteiger partial charge in [0, 0.05) is 5.56 Å². The number of nitrogens with zero attached hydrogens (tertiary/aromatic N) is 1. The highest BCUT2D eigenvalue weighted by Gasteiger charge is 2.19. The fourth-order valence-electron chi connectivity index (χ4n) is 3.51. The van der Waals surface area contributed by atoms with Crippen molar-refractivity contribution in [2.45, 2.75) is 33.4 Å². The van der Waals surface area contributed by atoms with Crippen LogP contribution in [0.4, 0.5) is 5.69 Å². The van der Waals surface area contributed by atoms with E-state index in [4.69, 9.17) is 0 Å². The second-order valence-corrected chi connectivity index (χ2v) is 9.76. The van der Waals surface area contributed by atoms with Crippen LogP contribution >= 0.6 is 0 Å². The van der Waals surface area contributed by atoms with Gasteiger partial charge in [-0.05, 0) is 61.7 Å². The van der Waals surface area contributed by atoms with Crippen molar-refractivity contribution in [3.63, 3.8) is 0 Å². The molecule has 3 aromatic carbocycles. The van der Waals surface area contributed by atoms with Crippen LogP contribution in [-0.2, 0) is 16.6 Å². The Balaban J connectivity index is 1.77. The third-order valence-corrected chi connectivity index (χ3v) is 6.38. The van der Waals surface area contributed by atoms with Gasteiger partial charge in [0.05, 0.1) is 24.5 Å². The van der Waals surface area contributed by atoms with Crippen LogP contribution in [0.3, 0.4) is 0 Å². The summed E-state index contributed by atoms with van der Waals surface area (Å²) in [4.78, 5) is 12.8. The average Bonchev–Trinajstić information content (AvgIpc) is 2.73. The van der Waals surface area contributed by atoms with Gasteiger partial charge in [-0.25, -0.2) is 8.42 Å². The van der Waals surface area contributed by atoms with E-state index >= 15 is 0 Å². The molecule has 31 heavy (non-hydrogen) atoms. The van der Waals surface area contributed by atoms with Crippen LogP contribution in [0.1, 0.15) is 45.6 Å². The molecular formula is C25H28N2O3S. The first-order chi connectivity index (χ1) is 14.6. The second-order valence-electron chi connectivity index (χ2n) is 7.86. The second kappa shape index (κ2) is 9.35. The summed E-state index contributed by atoms with van der Waals surface area (Å²) in [6, 6.07) is 22.1.